The Hall–Kier alpha value is -2.88. The van der Waals surface area contributed by atoms with Gasteiger partial charge in [-0.2, -0.15) is 4.31 Å². The number of ether oxygens (including phenoxy) is 3. The number of hydrogen-bond donors (Lipinski definition) is 0. The average molecular weight is 462 g/mol. The fourth-order valence-corrected chi connectivity index (χ4v) is 5.78. The molecule has 3 rings (SSSR count). The summed E-state index contributed by atoms with van der Waals surface area (Å²) in [6.45, 7) is 0.181. The van der Waals surface area contributed by atoms with E-state index in [0.29, 0.717) is 11.5 Å². The third-order valence-electron chi connectivity index (χ3n) is 4.60. The van der Waals surface area contributed by atoms with Gasteiger partial charge in [-0.1, -0.05) is 24.3 Å². The first-order chi connectivity index (χ1) is 14.9. The number of thiophene rings is 1. The van der Waals surface area contributed by atoms with Crippen LogP contribution in [0.4, 0.5) is 0 Å². The van der Waals surface area contributed by atoms with Crippen LogP contribution < -0.4 is 9.47 Å². The lowest BCUT2D eigenvalue weighted by Crippen LogP contribution is -2.31. The van der Waals surface area contributed by atoms with Crippen LogP contribution in [0.1, 0.15) is 20.8 Å². The molecule has 31 heavy (non-hydrogen) atoms. The Morgan fingerprint density at radius 3 is 1.94 bits per heavy atom. The SMILES string of the molecule is COC(=O)c1sccc1S(=O)(=O)N(Cc1cccc(OC)c1)Cc1cccc(OC)c1. The number of carbonyl (C=O) groups excluding carboxylic acids is 1. The van der Waals surface area contributed by atoms with Crippen molar-refractivity contribution >= 4 is 27.3 Å². The summed E-state index contributed by atoms with van der Waals surface area (Å²) in [5.41, 5.74) is 1.50. The van der Waals surface area contributed by atoms with Gasteiger partial charge < -0.3 is 14.2 Å². The molecule has 3 aromatic rings. The van der Waals surface area contributed by atoms with Gasteiger partial charge in [0.05, 0.1) is 21.3 Å². The average Bonchev–Trinajstić information content (AvgIpc) is 3.29. The van der Waals surface area contributed by atoms with Crippen LogP contribution in [0, 0.1) is 0 Å². The molecular weight excluding hydrogens is 438 g/mol. The lowest BCUT2D eigenvalue weighted by atomic mass is 10.2. The molecule has 0 aliphatic rings. The van der Waals surface area contributed by atoms with Gasteiger partial charge in [0.15, 0.2) is 0 Å². The van der Waals surface area contributed by atoms with Gasteiger partial charge in [0.2, 0.25) is 10.0 Å². The molecule has 0 bridgehead atoms. The standard InChI is InChI=1S/C22H23NO6S2/c1-27-18-8-4-6-16(12-18)14-23(15-17-7-5-9-19(13-17)28-2)31(25,26)20-10-11-30-21(20)22(24)29-3/h4-13H,14-15H2,1-3H3. The predicted molar refractivity (Wildman–Crippen MR) is 118 cm³/mol. The highest BCUT2D eigenvalue weighted by Gasteiger charge is 2.31. The van der Waals surface area contributed by atoms with Crippen molar-refractivity contribution in [2.75, 3.05) is 21.3 Å². The Morgan fingerprint density at radius 2 is 1.45 bits per heavy atom. The molecule has 1 heterocycles. The number of rotatable bonds is 9. The van der Waals surface area contributed by atoms with Crippen LogP contribution in [0.5, 0.6) is 11.5 Å². The number of esters is 1. The molecule has 0 aliphatic heterocycles. The number of methoxy groups -OCH3 is 3. The molecule has 9 heteroatoms. The number of hydrogen-bond acceptors (Lipinski definition) is 7. The molecule has 1 aromatic heterocycles. The topological polar surface area (TPSA) is 82.1 Å². The summed E-state index contributed by atoms with van der Waals surface area (Å²) in [4.78, 5) is 12.1. The van der Waals surface area contributed by atoms with Crippen molar-refractivity contribution in [3.63, 3.8) is 0 Å². The van der Waals surface area contributed by atoms with Gasteiger partial charge in [0.1, 0.15) is 21.3 Å². The second-order valence-corrected chi connectivity index (χ2v) is 9.40. The first-order valence-electron chi connectivity index (χ1n) is 9.31. The monoisotopic (exact) mass is 461 g/mol. The molecule has 0 spiro atoms. The van der Waals surface area contributed by atoms with Gasteiger partial charge in [-0.25, -0.2) is 13.2 Å². The normalized spacial score (nSPS) is 11.4. The highest BCUT2D eigenvalue weighted by atomic mass is 32.2. The minimum atomic E-state index is -4.02. The summed E-state index contributed by atoms with van der Waals surface area (Å²) in [6.07, 6.45) is 0. The Morgan fingerprint density at radius 1 is 0.903 bits per heavy atom. The van der Waals surface area contributed by atoms with Gasteiger partial charge in [-0.15, -0.1) is 11.3 Å². The van der Waals surface area contributed by atoms with Crippen LogP contribution in [-0.4, -0.2) is 40.0 Å². The van der Waals surface area contributed by atoms with E-state index in [0.717, 1.165) is 22.5 Å². The van der Waals surface area contributed by atoms with Crippen molar-refractivity contribution in [3.05, 3.63) is 76.0 Å². The summed E-state index contributed by atoms with van der Waals surface area (Å²) < 4.78 is 43.8. The van der Waals surface area contributed by atoms with E-state index in [2.05, 4.69) is 0 Å². The van der Waals surface area contributed by atoms with E-state index >= 15 is 0 Å². The molecule has 0 fully saturated rings. The maximum atomic E-state index is 13.6. The van der Waals surface area contributed by atoms with Gasteiger partial charge >= 0.3 is 5.97 Å². The zero-order chi connectivity index (χ0) is 22.4. The van der Waals surface area contributed by atoms with Crippen LogP contribution in [0.25, 0.3) is 0 Å². The molecule has 0 N–H and O–H groups in total. The summed E-state index contributed by atoms with van der Waals surface area (Å²) in [5, 5.41) is 1.56. The van der Waals surface area contributed by atoms with E-state index in [1.807, 2.05) is 12.1 Å². The first kappa shape index (κ1) is 22.8. The van der Waals surface area contributed by atoms with Crippen LogP contribution >= 0.6 is 11.3 Å². The molecule has 0 aliphatic carbocycles. The Labute approximate surface area is 185 Å². The minimum Gasteiger partial charge on any atom is -0.497 e. The quantitative estimate of drug-likeness (QED) is 0.449. The summed E-state index contributed by atoms with van der Waals surface area (Å²) in [6, 6.07) is 15.8. The fraction of sp³-hybridized carbons (Fsp3) is 0.227. The maximum absolute atomic E-state index is 13.6. The molecule has 0 unspecified atom stereocenters. The molecule has 164 valence electrons. The molecule has 7 nitrogen and oxygen atoms in total. The van der Waals surface area contributed by atoms with E-state index in [-0.39, 0.29) is 22.9 Å². The van der Waals surface area contributed by atoms with Crippen LogP contribution in [-0.2, 0) is 27.8 Å². The number of carbonyl (C=O) groups is 1. The van der Waals surface area contributed by atoms with Gasteiger partial charge in [0.25, 0.3) is 0 Å². The number of nitrogens with zero attached hydrogens (tertiary/aromatic N) is 1. The molecular formula is C22H23NO6S2. The van der Waals surface area contributed by atoms with Crippen LogP contribution in [0.15, 0.2) is 64.9 Å². The van der Waals surface area contributed by atoms with Gasteiger partial charge in [-0.05, 0) is 46.8 Å². The van der Waals surface area contributed by atoms with E-state index in [4.69, 9.17) is 14.2 Å². The third kappa shape index (κ3) is 5.25. The van der Waals surface area contributed by atoms with Crippen molar-refractivity contribution in [1.82, 2.24) is 4.31 Å². The highest BCUT2D eigenvalue weighted by Crippen LogP contribution is 2.29. The summed E-state index contributed by atoms with van der Waals surface area (Å²) in [7, 11) is 0.314. The number of sulfonamides is 1. The summed E-state index contributed by atoms with van der Waals surface area (Å²) >= 11 is 1.03. The minimum absolute atomic E-state index is 0.0452. The van der Waals surface area contributed by atoms with Gasteiger partial charge in [0, 0.05) is 13.1 Å². The summed E-state index contributed by atoms with van der Waals surface area (Å²) in [5.74, 6) is 0.570. The molecule has 0 amide bonds. The fourth-order valence-electron chi connectivity index (χ4n) is 3.06. The second-order valence-electron chi connectivity index (χ2n) is 6.58. The van der Waals surface area contributed by atoms with Crippen molar-refractivity contribution in [2.24, 2.45) is 0 Å². The van der Waals surface area contributed by atoms with E-state index < -0.39 is 16.0 Å². The Bertz CT molecular complexity index is 1110. The lowest BCUT2D eigenvalue weighted by Gasteiger charge is -2.23. The van der Waals surface area contributed by atoms with Crippen molar-refractivity contribution < 1.29 is 27.4 Å². The Kier molecular flexibility index (Phi) is 7.32. The second kappa shape index (κ2) is 9.95. The smallest absolute Gasteiger partial charge is 0.349 e. The lowest BCUT2D eigenvalue weighted by molar-refractivity contribution is 0.0602. The zero-order valence-corrected chi connectivity index (χ0v) is 19.0. The molecule has 0 atom stereocenters. The maximum Gasteiger partial charge on any atom is 0.349 e. The van der Waals surface area contributed by atoms with Crippen molar-refractivity contribution in [1.29, 1.82) is 0 Å². The largest absolute Gasteiger partial charge is 0.497 e. The van der Waals surface area contributed by atoms with E-state index in [1.54, 1.807) is 56.0 Å². The van der Waals surface area contributed by atoms with Gasteiger partial charge in [-0.3, -0.25) is 0 Å². The molecule has 0 saturated carbocycles. The molecule has 0 saturated heterocycles. The highest BCUT2D eigenvalue weighted by molar-refractivity contribution is 7.89. The predicted octanol–water partition coefficient (Wildman–Crippen LogP) is 3.94. The zero-order valence-electron chi connectivity index (χ0n) is 17.4. The van der Waals surface area contributed by atoms with Crippen molar-refractivity contribution in [2.45, 2.75) is 18.0 Å². The van der Waals surface area contributed by atoms with E-state index in [1.165, 1.54) is 17.5 Å². The molecule has 0 radical (unpaired) electrons. The third-order valence-corrected chi connectivity index (χ3v) is 7.46. The van der Waals surface area contributed by atoms with E-state index in [9.17, 15) is 13.2 Å². The molecule has 2 aromatic carbocycles. The van der Waals surface area contributed by atoms with Crippen LogP contribution in [0.2, 0.25) is 0 Å². The van der Waals surface area contributed by atoms with Crippen LogP contribution in [0.3, 0.4) is 0 Å². The number of benzene rings is 2. The first-order valence-corrected chi connectivity index (χ1v) is 11.6. The Balaban J connectivity index is 2.03. The van der Waals surface area contributed by atoms with Crippen molar-refractivity contribution in [3.8, 4) is 11.5 Å².